The van der Waals surface area contributed by atoms with Crippen molar-refractivity contribution in [2.45, 2.75) is 46.1 Å². The highest BCUT2D eigenvalue weighted by molar-refractivity contribution is 5.74. The Hall–Kier alpha value is -1.62. The lowest BCUT2D eigenvalue weighted by molar-refractivity contribution is 0.127. The third kappa shape index (κ3) is 4.47. The van der Waals surface area contributed by atoms with Gasteiger partial charge in [0.25, 0.3) is 0 Å². The number of hydrogen-bond acceptors (Lipinski definition) is 3. The molecule has 5 heteroatoms. The van der Waals surface area contributed by atoms with Crippen LogP contribution in [0.5, 0.6) is 0 Å². The predicted octanol–water partition coefficient (Wildman–Crippen LogP) is 2.72. The molecule has 0 radical (unpaired) electrons. The SMILES string of the molecule is Cc1cc(CNC(=O)N2CCN(CC3CCCC3)CC2)cnc1C. The molecule has 2 heterocycles. The summed E-state index contributed by atoms with van der Waals surface area (Å²) in [6, 6.07) is 2.15. The molecule has 0 bridgehead atoms. The van der Waals surface area contributed by atoms with Gasteiger partial charge in [-0.15, -0.1) is 0 Å². The molecule has 2 fully saturated rings. The molecule has 0 unspecified atom stereocenters. The van der Waals surface area contributed by atoms with Crippen molar-refractivity contribution in [3.05, 3.63) is 29.1 Å². The lowest BCUT2D eigenvalue weighted by Crippen LogP contribution is -2.52. The van der Waals surface area contributed by atoms with E-state index in [1.165, 1.54) is 37.8 Å². The molecule has 1 saturated carbocycles. The van der Waals surface area contributed by atoms with Crippen LogP contribution >= 0.6 is 0 Å². The Bertz CT molecular complexity index is 560. The number of piperazine rings is 1. The molecule has 1 N–H and O–H groups in total. The van der Waals surface area contributed by atoms with Crippen molar-refractivity contribution in [3.63, 3.8) is 0 Å². The maximum Gasteiger partial charge on any atom is 0.317 e. The number of rotatable bonds is 4. The molecule has 24 heavy (non-hydrogen) atoms. The third-order valence-electron chi connectivity index (χ3n) is 5.49. The van der Waals surface area contributed by atoms with E-state index < -0.39 is 0 Å². The maximum atomic E-state index is 12.4. The molecule has 0 atom stereocenters. The fourth-order valence-electron chi connectivity index (χ4n) is 3.78. The number of amides is 2. The van der Waals surface area contributed by atoms with E-state index in [1.54, 1.807) is 0 Å². The highest BCUT2D eigenvalue weighted by Crippen LogP contribution is 2.25. The number of nitrogens with one attached hydrogen (secondary N) is 1. The second kappa shape index (κ2) is 7.97. The maximum absolute atomic E-state index is 12.4. The van der Waals surface area contributed by atoms with Crippen LogP contribution in [0.3, 0.4) is 0 Å². The van der Waals surface area contributed by atoms with E-state index in [1.807, 2.05) is 18.0 Å². The van der Waals surface area contributed by atoms with E-state index >= 15 is 0 Å². The zero-order chi connectivity index (χ0) is 16.9. The van der Waals surface area contributed by atoms with Crippen molar-refractivity contribution in [3.8, 4) is 0 Å². The van der Waals surface area contributed by atoms with Crippen LogP contribution in [0.1, 0.15) is 42.5 Å². The number of carbonyl (C=O) groups is 1. The van der Waals surface area contributed by atoms with E-state index in [0.717, 1.165) is 43.4 Å². The molecule has 0 aromatic carbocycles. The van der Waals surface area contributed by atoms with E-state index in [-0.39, 0.29) is 6.03 Å². The first kappa shape index (κ1) is 17.2. The first-order valence-electron chi connectivity index (χ1n) is 9.29. The summed E-state index contributed by atoms with van der Waals surface area (Å²) in [7, 11) is 0. The number of hydrogen-bond donors (Lipinski definition) is 1. The van der Waals surface area contributed by atoms with Crippen molar-refractivity contribution in [2.75, 3.05) is 32.7 Å². The number of pyridine rings is 1. The molecule has 5 nitrogen and oxygen atoms in total. The highest BCUT2D eigenvalue weighted by Gasteiger charge is 2.24. The zero-order valence-electron chi connectivity index (χ0n) is 15.1. The topological polar surface area (TPSA) is 48.5 Å². The number of aryl methyl sites for hydroxylation is 2. The molecule has 1 saturated heterocycles. The Labute approximate surface area is 145 Å². The standard InChI is InChI=1S/C19H30N4O/c1-15-11-18(12-20-16(15)2)13-21-19(24)23-9-7-22(8-10-23)14-17-5-3-4-6-17/h11-12,17H,3-10,13-14H2,1-2H3,(H,21,24). The quantitative estimate of drug-likeness (QED) is 0.923. The summed E-state index contributed by atoms with van der Waals surface area (Å²) in [5.41, 5.74) is 3.28. The minimum atomic E-state index is 0.0498. The Morgan fingerprint density at radius 1 is 1.21 bits per heavy atom. The van der Waals surface area contributed by atoms with Crippen LogP contribution < -0.4 is 5.32 Å². The van der Waals surface area contributed by atoms with Crippen molar-refractivity contribution < 1.29 is 4.79 Å². The monoisotopic (exact) mass is 330 g/mol. The first-order valence-corrected chi connectivity index (χ1v) is 9.29. The fourth-order valence-corrected chi connectivity index (χ4v) is 3.78. The lowest BCUT2D eigenvalue weighted by atomic mass is 10.1. The molecule has 3 rings (SSSR count). The van der Waals surface area contributed by atoms with Crippen LogP contribution in [0, 0.1) is 19.8 Å². The van der Waals surface area contributed by atoms with Crippen molar-refractivity contribution in [1.82, 2.24) is 20.1 Å². The smallest absolute Gasteiger partial charge is 0.317 e. The van der Waals surface area contributed by atoms with Crippen molar-refractivity contribution in [2.24, 2.45) is 5.92 Å². The summed E-state index contributed by atoms with van der Waals surface area (Å²) < 4.78 is 0. The molecule has 0 spiro atoms. The summed E-state index contributed by atoms with van der Waals surface area (Å²) in [6.07, 6.45) is 7.44. The van der Waals surface area contributed by atoms with Gasteiger partial charge in [-0.05, 0) is 43.7 Å². The van der Waals surface area contributed by atoms with E-state index in [2.05, 4.69) is 28.2 Å². The average Bonchev–Trinajstić information content (AvgIpc) is 3.09. The van der Waals surface area contributed by atoms with Crippen molar-refractivity contribution in [1.29, 1.82) is 0 Å². The number of aromatic nitrogens is 1. The molecule has 1 aliphatic heterocycles. The summed E-state index contributed by atoms with van der Waals surface area (Å²) in [5.74, 6) is 0.891. The van der Waals surface area contributed by atoms with Crippen LogP contribution in [-0.2, 0) is 6.54 Å². The van der Waals surface area contributed by atoms with Gasteiger partial charge in [-0.3, -0.25) is 9.88 Å². The summed E-state index contributed by atoms with van der Waals surface area (Å²) in [6.45, 7) is 9.52. The zero-order valence-corrected chi connectivity index (χ0v) is 15.1. The highest BCUT2D eigenvalue weighted by atomic mass is 16.2. The second-order valence-electron chi connectivity index (χ2n) is 7.34. The van der Waals surface area contributed by atoms with E-state index in [4.69, 9.17) is 0 Å². The Morgan fingerprint density at radius 3 is 2.58 bits per heavy atom. The van der Waals surface area contributed by atoms with Gasteiger partial charge in [0.15, 0.2) is 0 Å². The normalized spacial score (nSPS) is 19.7. The van der Waals surface area contributed by atoms with Crippen LogP contribution in [0.15, 0.2) is 12.3 Å². The largest absolute Gasteiger partial charge is 0.334 e. The number of carbonyl (C=O) groups excluding carboxylic acids is 1. The first-order chi connectivity index (χ1) is 11.6. The second-order valence-corrected chi connectivity index (χ2v) is 7.34. The van der Waals surface area contributed by atoms with Crippen LogP contribution in [0.25, 0.3) is 0 Å². The van der Waals surface area contributed by atoms with E-state index in [0.29, 0.717) is 6.54 Å². The number of urea groups is 1. The summed E-state index contributed by atoms with van der Waals surface area (Å²) in [4.78, 5) is 21.2. The van der Waals surface area contributed by atoms with Crippen molar-refractivity contribution >= 4 is 6.03 Å². The molecule has 2 aliphatic rings. The van der Waals surface area contributed by atoms with Gasteiger partial charge in [-0.2, -0.15) is 0 Å². The summed E-state index contributed by atoms with van der Waals surface area (Å²) >= 11 is 0. The molecule has 1 aromatic rings. The molecule has 1 aliphatic carbocycles. The minimum Gasteiger partial charge on any atom is -0.334 e. The molecule has 2 amide bonds. The molecular weight excluding hydrogens is 300 g/mol. The molecule has 132 valence electrons. The lowest BCUT2D eigenvalue weighted by Gasteiger charge is -2.35. The van der Waals surface area contributed by atoms with Gasteiger partial charge in [0.2, 0.25) is 0 Å². The van der Waals surface area contributed by atoms with Gasteiger partial charge in [-0.1, -0.05) is 18.9 Å². The van der Waals surface area contributed by atoms with Crippen LogP contribution in [-0.4, -0.2) is 53.5 Å². The minimum absolute atomic E-state index is 0.0498. The van der Waals surface area contributed by atoms with E-state index in [9.17, 15) is 4.79 Å². The predicted molar refractivity (Wildman–Crippen MR) is 95.9 cm³/mol. The Kier molecular flexibility index (Phi) is 5.72. The average molecular weight is 330 g/mol. The van der Waals surface area contributed by atoms with Gasteiger partial charge in [0, 0.05) is 51.2 Å². The van der Waals surface area contributed by atoms with Gasteiger partial charge >= 0.3 is 6.03 Å². The van der Waals surface area contributed by atoms with Gasteiger partial charge in [0.1, 0.15) is 0 Å². The van der Waals surface area contributed by atoms with Gasteiger partial charge < -0.3 is 10.2 Å². The molecule has 1 aromatic heterocycles. The van der Waals surface area contributed by atoms with Gasteiger partial charge in [0.05, 0.1) is 0 Å². The van der Waals surface area contributed by atoms with Gasteiger partial charge in [-0.25, -0.2) is 4.79 Å². The third-order valence-corrected chi connectivity index (χ3v) is 5.49. The van der Waals surface area contributed by atoms with Crippen LogP contribution in [0.4, 0.5) is 4.79 Å². The number of nitrogens with zero attached hydrogens (tertiary/aromatic N) is 3. The Morgan fingerprint density at radius 2 is 1.92 bits per heavy atom. The summed E-state index contributed by atoms with van der Waals surface area (Å²) in [5, 5.41) is 3.03. The fraction of sp³-hybridized carbons (Fsp3) is 0.684. The Balaban J connectivity index is 1.40. The van der Waals surface area contributed by atoms with Crippen LogP contribution in [0.2, 0.25) is 0 Å². The molecular formula is C19H30N4O.